The summed E-state index contributed by atoms with van der Waals surface area (Å²) in [5, 5.41) is 10.1. The van der Waals surface area contributed by atoms with Crippen molar-refractivity contribution in [3.63, 3.8) is 0 Å². The van der Waals surface area contributed by atoms with Gasteiger partial charge in [-0.1, -0.05) is 0 Å². The maximum Gasteiger partial charge on any atom is 0.151 e. The number of likely N-dealkylation sites (tertiary alicyclic amines) is 1. The van der Waals surface area contributed by atoms with Gasteiger partial charge >= 0.3 is 0 Å². The number of aromatic nitrogens is 3. The highest BCUT2D eigenvalue weighted by atomic mass is 32.3. The molecule has 0 bridgehead atoms. The molecular formula is C13H19N5O5S2-2. The number of anilines is 1. The van der Waals surface area contributed by atoms with Crippen LogP contribution in [0.3, 0.4) is 0 Å². The summed E-state index contributed by atoms with van der Waals surface area (Å²) in [7, 11) is -5.17. The molecule has 1 aliphatic heterocycles. The number of fused-ring (bicyclic) bond motifs is 1. The molecule has 2 atom stereocenters. The molecule has 4 N–H and O–H groups in total. The predicted molar refractivity (Wildman–Crippen MR) is 91.9 cm³/mol. The first-order valence-electron chi connectivity index (χ1n) is 7.31. The Bertz CT molecular complexity index is 804. The molecular weight excluding hydrogens is 370 g/mol. The van der Waals surface area contributed by atoms with Crippen molar-refractivity contribution >= 4 is 39.0 Å². The van der Waals surface area contributed by atoms with Crippen molar-refractivity contribution < 1.29 is 22.6 Å². The number of thioether (sulfide) groups is 1. The fourth-order valence-electron chi connectivity index (χ4n) is 2.82. The van der Waals surface area contributed by atoms with Crippen molar-refractivity contribution in [3.05, 3.63) is 18.1 Å². The number of nitrogens with two attached hydrogens (primary N) is 1. The molecule has 0 aliphatic carbocycles. The number of rotatable bonds is 4. The number of H-pyrrole nitrogens is 1. The minimum atomic E-state index is -5.17. The zero-order valence-corrected chi connectivity index (χ0v) is 15.1. The summed E-state index contributed by atoms with van der Waals surface area (Å²) in [6, 6.07) is 0. The Hall–Kier alpha value is -1.44. The monoisotopic (exact) mass is 389 g/mol. The van der Waals surface area contributed by atoms with Crippen LogP contribution in [-0.4, -0.2) is 73.7 Å². The largest absolute Gasteiger partial charge is 0.759 e. The second-order valence-electron chi connectivity index (χ2n) is 5.68. The summed E-state index contributed by atoms with van der Waals surface area (Å²) in [5.41, 5.74) is 8.60. The molecule has 1 aliphatic rings. The van der Waals surface area contributed by atoms with E-state index in [4.69, 9.17) is 23.3 Å². The van der Waals surface area contributed by atoms with E-state index in [1.807, 2.05) is 6.20 Å². The van der Waals surface area contributed by atoms with E-state index in [1.165, 1.54) is 6.33 Å². The van der Waals surface area contributed by atoms with Gasteiger partial charge in [0.15, 0.2) is 5.82 Å². The van der Waals surface area contributed by atoms with Crippen LogP contribution in [0.1, 0.15) is 5.56 Å². The van der Waals surface area contributed by atoms with E-state index in [-0.39, 0.29) is 6.10 Å². The van der Waals surface area contributed by atoms with Gasteiger partial charge < -0.3 is 24.9 Å². The van der Waals surface area contributed by atoms with E-state index in [9.17, 15) is 5.11 Å². The van der Waals surface area contributed by atoms with E-state index < -0.39 is 10.4 Å². The maximum absolute atomic E-state index is 10.1. The topological polar surface area (TPSA) is 171 Å². The van der Waals surface area contributed by atoms with Gasteiger partial charge in [-0.3, -0.25) is 13.3 Å². The number of aromatic amines is 1. The molecule has 0 radical (unpaired) electrons. The van der Waals surface area contributed by atoms with E-state index in [0.29, 0.717) is 11.7 Å². The number of β-amino-alcohol motifs (C(OH)–C–C–N with tert-alkyl or cyclic N) is 1. The predicted octanol–water partition coefficient (Wildman–Crippen LogP) is -0.642. The highest BCUT2D eigenvalue weighted by Crippen LogP contribution is 2.25. The number of nitrogens with zero attached hydrogens (tertiary/aromatic N) is 3. The summed E-state index contributed by atoms with van der Waals surface area (Å²) in [6.45, 7) is 2.42. The Morgan fingerprint density at radius 2 is 2.12 bits per heavy atom. The van der Waals surface area contributed by atoms with Gasteiger partial charge in [-0.15, -0.1) is 0 Å². The van der Waals surface area contributed by atoms with Crippen molar-refractivity contribution in [3.8, 4) is 0 Å². The molecule has 0 spiro atoms. The number of aliphatic hydroxyl groups excluding tert-OH is 1. The highest BCUT2D eigenvalue weighted by Gasteiger charge is 2.31. The molecule has 0 aromatic carbocycles. The Morgan fingerprint density at radius 3 is 2.76 bits per heavy atom. The second-order valence-corrected chi connectivity index (χ2v) is 7.41. The van der Waals surface area contributed by atoms with E-state index in [2.05, 4.69) is 26.1 Å². The minimum absolute atomic E-state index is 0.229. The summed E-state index contributed by atoms with van der Waals surface area (Å²) in [6.07, 6.45) is 5.27. The standard InChI is InChI=1S/C13H19N5OS.H2O4S/c1-20-6-9-4-18(5-10(9)19)3-8-2-15-12-11(8)16-7-17-13(12)14;1-5(2,3)4/h2,7,9-10,15,19H,3-6H2,1H3,(H2,14,16,17);(H2,1,2,3,4)/p-2/t9-,10+;/m1./s1. The van der Waals surface area contributed by atoms with Crippen molar-refractivity contribution in [2.24, 2.45) is 5.92 Å². The molecule has 3 heterocycles. The maximum atomic E-state index is 10.1. The summed E-state index contributed by atoms with van der Waals surface area (Å²) in [5.74, 6) is 1.83. The lowest BCUT2D eigenvalue weighted by Crippen LogP contribution is -2.21. The minimum Gasteiger partial charge on any atom is -0.759 e. The van der Waals surface area contributed by atoms with E-state index in [1.54, 1.807) is 11.8 Å². The van der Waals surface area contributed by atoms with Gasteiger partial charge in [-0.05, 0) is 12.0 Å². The van der Waals surface area contributed by atoms with Gasteiger partial charge in [-0.2, -0.15) is 11.8 Å². The van der Waals surface area contributed by atoms with Gasteiger partial charge in [0.25, 0.3) is 0 Å². The van der Waals surface area contributed by atoms with Crippen LogP contribution >= 0.6 is 11.8 Å². The van der Waals surface area contributed by atoms with Gasteiger partial charge in [0.2, 0.25) is 0 Å². The van der Waals surface area contributed by atoms with Crippen LogP contribution in [0.15, 0.2) is 12.5 Å². The third-order valence-corrected chi connectivity index (χ3v) is 4.59. The van der Waals surface area contributed by atoms with Crippen LogP contribution in [-0.2, 0) is 16.9 Å². The molecule has 1 saturated heterocycles. The average molecular weight is 389 g/mol. The lowest BCUT2D eigenvalue weighted by molar-refractivity contribution is 0.149. The molecule has 140 valence electrons. The van der Waals surface area contributed by atoms with Crippen molar-refractivity contribution in [2.45, 2.75) is 12.6 Å². The van der Waals surface area contributed by atoms with Crippen LogP contribution in [0.25, 0.3) is 11.0 Å². The molecule has 0 amide bonds. The summed E-state index contributed by atoms with van der Waals surface area (Å²) < 4.78 is 34.1. The average Bonchev–Trinajstić information content (AvgIpc) is 3.04. The molecule has 0 saturated carbocycles. The quantitative estimate of drug-likeness (QED) is 0.451. The normalized spacial score (nSPS) is 21.3. The first-order valence-corrected chi connectivity index (χ1v) is 10.0. The molecule has 12 heteroatoms. The van der Waals surface area contributed by atoms with Crippen LogP contribution in [0.4, 0.5) is 5.82 Å². The lowest BCUT2D eigenvalue weighted by atomic mass is 10.1. The molecule has 25 heavy (non-hydrogen) atoms. The first kappa shape index (κ1) is 19.9. The molecule has 2 aromatic rings. The smallest absolute Gasteiger partial charge is 0.151 e. The zero-order valence-electron chi connectivity index (χ0n) is 13.5. The number of nitrogens with one attached hydrogen (secondary N) is 1. The summed E-state index contributed by atoms with van der Waals surface area (Å²) >= 11 is 1.79. The molecule has 2 aromatic heterocycles. The third kappa shape index (κ3) is 5.80. The van der Waals surface area contributed by atoms with Gasteiger partial charge in [-0.25, -0.2) is 9.97 Å². The van der Waals surface area contributed by atoms with Gasteiger partial charge in [0.1, 0.15) is 11.8 Å². The molecule has 1 fully saturated rings. The Kier molecular flexibility index (Phi) is 6.59. The van der Waals surface area contributed by atoms with Crippen molar-refractivity contribution in [1.29, 1.82) is 0 Å². The molecule has 10 nitrogen and oxygen atoms in total. The fraction of sp³-hybridized carbons (Fsp3) is 0.538. The van der Waals surface area contributed by atoms with Crippen LogP contribution in [0, 0.1) is 5.92 Å². The number of aliphatic hydroxyl groups is 1. The van der Waals surface area contributed by atoms with Crippen molar-refractivity contribution in [2.75, 3.05) is 30.8 Å². The third-order valence-electron chi connectivity index (χ3n) is 3.83. The second kappa shape index (κ2) is 8.29. The highest BCUT2D eigenvalue weighted by molar-refractivity contribution is 7.98. The first-order chi connectivity index (χ1) is 11.7. The number of hydrogen-bond donors (Lipinski definition) is 3. The van der Waals surface area contributed by atoms with Gasteiger partial charge in [0.05, 0.1) is 11.6 Å². The van der Waals surface area contributed by atoms with Crippen LogP contribution in [0.2, 0.25) is 0 Å². The van der Waals surface area contributed by atoms with E-state index >= 15 is 0 Å². The number of nitrogen functional groups attached to an aromatic ring is 1. The SMILES string of the molecule is CSC[C@H]1CN(Cc2c[nH]c3c(N)ncnc23)C[C@@H]1O.O=S(=O)([O-])[O-]. The fourth-order valence-corrected chi connectivity index (χ4v) is 3.58. The summed E-state index contributed by atoms with van der Waals surface area (Å²) in [4.78, 5) is 13.7. The number of hydrogen-bond acceptors (Lipinski definition) is 10. The van der Waals surface area contributed by atoms with Crippen LogP contribution < -0.4 is 5.73 Å². The van der Waals surface area contributed by atoms with E-state index in [0.717, 1.165) is 42.0 Å². The lowest BCUT2D eigenvalue weighted by Gasteiger charge is -2.14. The van der Waals surface area contributed by atoms with Crippen LogP contribution in [0.5, 0.6) is 0 Å². The molecule has 3 rings (SSSR count). The zero-order chi connectivity index (χ0) is 18.6. The Labute approximate surface area is 149 Å². The van der Waals surface area contributed by atoms with Gasteiger partial charge in [0, 0.05) is 47.7 Å². The molecule has 0 unspecified atom stereocenters. The Balaban J connectivity index is 0.000000399. The van der Waals surface area contributed by atoms with Crippen molar-refractivity contribution in [1.82, 2.24) is 19.9 Å². The Morgan fingerprint density at radius 1 is 1.44 bits per heavy atom.